The number of rotatable bonds is 1. The largest absolute Gasteiger partial charge is 0.376 e. The van der Waals surface area contributed by atoms with Gasteiger partial charge in [0.25, 0.3) is 0 Å². The lowest BCUT2D eigenvalue weighted by Gasteiger charge is -1.98. The van der Waals surface area contributed by atoms with Gasteiger partial charge in [-0.05, 0) is 6.07 Å². The highest BCUT2D eigenvalue weighted by Gasteiger charge is 2.23. The minimum absolute atomic E-state index is 0.339. The summed E-state index contributed by atoms with van der Waals surface area (Å²) in [6.45, 7) is 0. The molecule has 0 aliphatic carbocycles. The number of hydrogen-bond acceptors (Lipinski definition) is 3. The van der Waals surface area contributed by atoms with Gasteiger partial charge in [-0.25, -0.2) is 4.39 Å². The molecule has 4 heteroatoms. The second kappa shape index (κ2) is 3.46. The average molecular weight is 190 g/mol. The number of nitriles is 1. The van der Waals surface area contributed by atoms with E-state index in [1.54, 1.807) is 18.2 Å². The lowest BCUT2D eigenvalue weighted by molar-refractivity contribution is 0.125. The first-order valence-electron chi connectivity index (χ1n) is 4.18. The Bertz CT molecular complexity index is 422. The zero-order chi connectivity index (χ0) is 9.97. The van der Waals surface area contributed by atoms with Crippen molar-refractivity contribution in [3.8, 4) is 6.07 Å². The summed E-state index contributed by atoms with van der Waals surface area (Å²) in [5.41, 5.74) is 0.903. The third-order valence-corrected chi connectivity index (χ3v) is 2.00. The second-order valence-electron chi connectivity index (χ2n) is 2.95. The monoisotopic (exact) mass is 190 g/mol. The first-order chi connectivity index (χ1) is 6.81. The third kappa shape index (κ3) is 1.44. The summed E-state index contributed by atoms with van der Waals surface area (Å²) in [4.78, 5) is 4.78. The summed E-state index contributed by atoms with van der Waals surface area (Å²) < 4.78 is 13.3. The maximum atomic E-state index is 13.3. The third-order valence-electron chi connectivity index (χ3n) is 2.00. The number of hydrogen-bond donors (Lipinski definition) is 0. The van der Waals surface area contributed by atoms with Gasteiger partial charge in [-0.3, -0.25) is 0 Å². The molecule has 1 aliphatic heterocycles. The van der Waals surface area contributed by atoms with Crippen LogP contribution in [0.2, 0.25) is 0 Å². The van der Waals surface area contributed by atoms with Gasteiger partial charge < -0.3 is 4.84 Å². The molecule has 1 aromatic rings. The van der Waals surface area contributed by atoms with Crippen LogP contribution in [0.3, 0.4) is 0 Å². The number of benzene rings is 1. The predicted molar refractivity (Wildman–Crippen MR) is 48.0 cm³/mol. The summed E-state index contributed by atoms with van der Waals surface area (Å²) >= 11 is 0. The molecule has 0 amide bonds. The Morgan fingerprint density at radius 1 is 1.50 bits per heavy atom. The maximum absolute atomic E-state index is 13.3. The molecular formula is C10H7FN2O. The summed E-state index contributed by atoms with van der Waals surface area (Å²) in [5.74, 6) is -0.339. The fourth-order valence-electron chi connectivity index (χ4n) is 1.30. The summed E-state index contributed by atoms with van der Waals surface area (Å²) in [6, 6.07) is 8.24. The van der Waals surface area contributed by atoms with Crippen LogP contribution in [-0.4, -0.2) is 11.8 Å². The fraction of sp³-hybridized carbons (Fsp3) is 0.200. The van der Waals surface area contributed by atoms with Crippen LogP contribution in [0.4, 0.5) is 4.39 Å². The summed E-state index contributed by atoms with van der Waals surface area (Å²) in [5, 5.41) is 12.2. The molecule has 70 valence electrons. The SMILES string of the molecule is N#CC1CC(c2ccccc2F)=NO1. The standard InChI is InChI=1S/C10H7FN2O/c11-9-4-2-1-3-8(9)10-5-7(6-12)14-13-10/h1-4,7H,5H2. The molecule has 14 heavy (non-hydrogen) atoms. The zero-order valence-electron chi connectivity index (χ0n) is 7.27. The molecule has 1 heterocycles. The van der Waals surface area contributed by atoms with E-state index in [2.05, 4.69) is 5.16 Å². The fourth-order valence-corrected chi connectivity index (χ4v) is 1.30. The van der Waals surface area contributed by atoms with Gasteiger partial charge in [-0.2, -0.15) is 5.26 Å². The Hall–Kier alpha value is -1.89. The van der Waals surface area contributed by atoms with Gasteiger partial charge in [0, 0.05) is 12.0 Å². The van der Waals surface area contributed by atoms with Gasteiger partial charge in [0.2, 0.25) is 6.10 Å². The van der Waals surface area contributed by atoms with E-state index in [-0.39, 0.29) is 5.82 Å². The van der Waals surface area contributed by atoms with Gasteiger partial charge in [-0.1, -0.05) is 23.4 Å². The quantitative estimate of drug-likeness (QED) is 0.678. The molecule has 2 rings (SSSR count). The molecule has 1 unspecified atom stereocenters. The highest BCUT2D eigenvalue weighted by molar-refractivity contribution is 6.01. The van der Waals surface area contributed by atoms with E-state index in [1.165, 1.54) is 6.07 Å². The lowest BCUT2D eigenvalue weighted by atomic mass is 10.1. The highest BCUT2D eigenvalue weighted by atomic mass is 19.1. The maximum Gasteiger partial charge on any atom is 0.218 e. The molecule has 0 saturated heterocycles. The minimum atomic E-state index is -0.579. The average Bonchev–Trinajstić information content (AvgIpc) is 2.67. The van der Waals surface area contributed by atoms with E-state index >= 15 is 0 Å². The number of oxime groups is 1. The van der Waals surface area contributed by atoms with Gasteiger partial charge in [-0.15, -0.1) is 0 Å². The normalized spacial score (nSPS) is 19.7. The van der Waals surface area contributed by atoms with Crippen molar-refractivity contribution in [2.45, 2.75) is 12.5 Å². The van der Waals surface area contributed by atoms with E-state index in [4.69, 9.17) is 10.1 Å². The molecule has 0 N–H and O–H groups in total. The van der Waals surface area contributed by atoms with Crippen LogP contribution in [-0.2, 0) is 4.84 Å². The molecule has 0 spiro atoms. The van der Waals surface area contributed by atoms with Crippen LogP contribution in [0.25, 0.3) is 0 Å². The van der Waals surface area contributed by atoms with E-state index in [9.17, 15) is 4.39 Å². The molecule has 0 bridgehead atoms. The number of nitrogens with zero attached hydrogens (tertiary/aromatic N) is 2. The van der Waals surface area contributed by atoms with Crippen molar-refractivity contribution in [2.75, 3.05) is 0 Å². The smallest absolute Gasteiger partial charge is 0.218 e. The van der Waals surface area contributed by atoms with Crippen LogP contribution in [0.15, 0.2) is 29.4 Å². The predicted octanol–water partition coefficient (Wildman–Crippen LogP) is 1.84. The molecule has 0 aromatic heterocycles. The van der Waals surface area contributed by atoms with Gasteiger partial charge in [0.15, 0.2) is 0 Å². The lowest BCUT2D eigenvalue weighted by Crippen LogP contribution is -2.06. The first kappa shape index (κ1) is 8.70. The number of halogens is 1. The van der Waals surface area contributed by atoms with Crippen molar-refractivity contribution < 1.29 is 9.23 Å². The summed E-state index contributed by atoms with van der Waals surface area (Å²) in [6.07, 6.45) is -0.234. The van der Waals surface area contributed by atoms with Crippen LogP contribution in [0.1, 0.15) is 12.0 Å². The Morgan fingerprint density at radius 3 is 2.93 bits per heavy atom. The Balaban J connectivity index is 2.27. The van der Waals surface area contributed by atoms with Crippen molar-refractivity contribution in [2.24, 2.45) is 5.16 Å². The van der Waals surface area contributed by atoms with E-state index < -0.39 is 6.10 Å². The van der Waals surface area contributed by atoms with Crippen molar-refractivity contribution in [3.05, 3.63) is 35.6 Å². The van der Waals surface area contributed by atoms with Crippen molar-refractivity contribution in [3.63, 3.8) is 0 Å². The Labute approximate surface area is 80.4 Å². The highest BCUT2D eigenvalue weighted by Crippen LogP contribution is 2.18. The van der Waals surface area contributed by atoms with E-state index in [0.717, 1.165) is 0 Å². The second-order valence-corrected chi connectivity index (χ2v) is 2.95. The van der Waals surface area contributed by atoms with E-state index in [1.807, 2.05) is 6.07 Å². The molecule has 0 saturated carbocycles. The Kier molecular flexibility index (Phi) is 2.15. The molecular weight excluding hydrogens is 183 g/mol. The van der Waals surface area contributed by atoms with Crippen molar-refractivity contribution in [1.82, 2.24) is 0 Å². The zero-order valence-corrected chi connectivity index (χ0v) is 7.27. The van der Waals surface area contributed by atoms with Crippen molar-refractivity contribution >= 4 is 5.71 Å². The van der Waals surface area contributed by atoms with E-state index in [0.29, 0.717) is 17.7 Å². The molecule has 1 atom stereocenters. The molecule has 0 radical (unpaired) electrons. The first-order valence-corrected chi connectivity index (χ1v) is 4.18. The minimum Gasteiger partial charge on any atom is -0.376 e. The van der Waals surface area contributed by atoms with Crippen LogP contribution in [0, 0.1) is 17.1 Å². The van der Waals surface area contributed by atoms with Crippen LogP contribution in [0.5, 0.6) is 0 Å². The molecule has 1 aromatic carbocycles. The molecule has 0 fully saturated rings. The van der Waals surface area contributed by atoms with Crippen LogP contribution < -0.4 is 0 Å². The topological polar surface area (TPSA) is 45.4 Å². The van der Waals surface area contributed by atoms with Crippen LogP contribution >= 0.6 is 0 Å². The summed E-state index contributed by atoms with van der Waals surface area (Å²) in [7, 11) is 0. The Morgan fingerprint density at radius 2 is 2.29 bits per heavy atom. The van der Waals surface area contributed by atoms with Crippen molar-refractivity contribution in [1.29, 1.82) is 5.26 Å². The molecule has 1 aliphatic rings. The van der Waals surface area contributed by atoms with Gasteiger partial charge in [0.1, 0.15) is 11.9 Å². The van der Waals surface area contributed by atoms with Gasteiger partial charge >= 0.3 is 0 Å². The molecule has 3 nitrogen and oxygen atoms in total. The van der Waals surface area contributed by atoms with Gasteiger partial charge in [0.05, 0.1) is 5.71 Å².